The monoisotopic (exact) mass is 408 g/mol. The summed E-state index contributed by atoms with van der Waals surface area (Å²) in [5.41, 5.74) is 0.470. The van der Waals surface area contributed by atoms with Crippen molar-refractivity contribution in [3.8, 4) is 0 Å². The average molecular weight is 410 g/mol. The van der Waals surface area contributed by atoms with E-state index >= 15 is 0 Å². The first-order valence-corrected chi connectivity index (χ1v) is 8.99. The van der Waals surface area contributed by atoms with Crippen LogP contribution in [0, 0.1) is 0 Å². The van der Waals surface area contributed by atoms with E-state index in [9.17, 15) is 18.3 Å². The van der Waals surface area contributed by atoms with Gasteiger partial charge < -0.3 is 5.11 Å². The summed E-state index contributed by atoms with van der Waals surface area (Å²) in [4.78, 5) is 11.4. The lowest BCUT2D eigenvalue weighted by Gasteiger charge is -2.20. The van der Waals surface area contributed by atoms with Gasteiger partial charge in [-0.2, -0.15) is 12.7 Å². The number of halogens is 3. The van der Waals surface area contributed by atoms with Crippen LogP contribution in [0.15, 0.2) is 42.5 Å². The lowest BCUT2D eigenvalue weighted by molar-refractivity contribution is 0.171. The van der Waals surface area contributed by atoms with Gasteiger partial charge in [-0.3, -0.25) is 4.72 Å². The summed E-state index contributed by atoms with van der Waals surface area (Å²) < 4.78 is 27.1. The number of carboxylic acid groups (broad SMARTS) is 1. The molecule has 0 fully saturated rings. The molecule has 0 aliphatic carbocycles. The fourth-order valence-corrected chi connectivity index (χ4v) is 3.44. The first-order chi connectivity index (χ1) is 11.2. The topological polar surface area (TPSA) is 86.7 Å². The summed E-state index contributed by atoms with van der Waals surface area (Å²) >= 11 is 17.5. The van der Waals surface area contributed by atoms with Crippen LogP contribution in [-0.4, -0.2) is 23.9 Å². The molecule has 0 unspecified atom stereocenters. The molecule has 2 aromatic rings. The molecular formula is C14H11Cl3N2O4S. The molecule has 1 amide bonds. The van der Waals surface area contributed by atoms with Gasteiger partial charge in [0.1, 0.15) is 0 Å². The van der Waals surface area contributed by atoms with E-state index in [1.54, 1.807) is 0 Å². The van der Waals surface area contributed by atoms with Gasteiger partial charge in [0.25, 0.3) is 0 Å². The van der Waals surface area contributed by atoms with Gasteiger partial charge >= 0.3 is 16.3 Å². The number of nitrogens with one attached hydrogen (secondary N) is 1. The third kappa shape index (κ3) is 4.67. The fraction of sp³-hybridized carbons (Fsp3) is 0.0714. The number of carbonyl (C=O) groups is 1. The Balaban J connectivity index is 2.28. The Kier molecular flexibility index (Phi) is 5.82. The van der Waals surface area contributed by atoms with Gasteiger partial charge in [-0.1, -0.05) is 40.9 Å². The largest absolute Gasteiger partial charge is 0.464 e. The van der Waals surface area contributed by atoms with Crippen molar-refractivity contribution >= 4 is 56.8 Å². The van der Waals surface area contributed by atoms with Crippen LogP contribution < -0.4 is 4.72 Å². The van der Waals surface area contributed by atoms with Gasteiger partial charge in [0, 0.05) is 15.1 Å². The predicted octanol–water partition coefficient (Wildman–Crippen LogP) is 4.48. The van der Waals surface area contributed by atoms with Gasteiger partial charge in [-0.25, -0.2) is 4.79 Å². The summed E-state index contributed by atoms with van der Waals surface area (Å²) in [6.45, 7) is -0.464. The Morgan fingerprint density at radius 3 is 2.17 bits per heavy atom. The highest BCUT2D eigenvalue weighted by Gasteiger charge is 2.28. The maximum Gasteiger partial charge on any atom is 0.422 e. The Morgan fingerprint density at radius 1 is 1.04 bits per heavy atom. The molecule has 128 valence electrons. The zero-order chi connectivity index (χ0) is 17.9. The predicted molar refractivity (Wildman–Crippen MR) is 94.0 cm³/mol. The van der Waals surface area contributed by atoms with Crippen LogP contribution in [0.4, 0.5) is 10.5 Å². The molecule has 0 aliphatic rings. The zero-order valence-electron chi connectivity index (χ0n) is 11.9. The third-order valence-electron chi connectivity index (χ3n) is 2.92. The van der Waals surface area contributed by atoms with E-state index < -0.39 is 22.8 Å². The minimum atomic E-state index is -4.36. The minimum Gasteiger partial charge on any atom is -0.464 e. The van der Waals surface area contributed by atoms with Crippen molar-refractivity contribution in [1.82, 2.24) is 4.31 Å². The first kappa shape index (κ1) is 18.7. The lowest BCUT2D eigenvalue weighted by atomic mass is 10.2. The van der Waals surface area contributed by atoms with Crippen LogP contribution >= 0.6 is 34.8 Å². The first-order valence-electron chi connectivity index (χ1n) is 6.42. The standard InChI is InChI=1S/C14H11Cl3N2O4S/c15-10-3-5-12(6-4-10)18-24(22,23)19(14(20)21)8-9-1-2-11(16)7-13(9)17/h1-7,18H,8H2,(H,20,21). The molecule has 0 saturated heterocycles. The number of amides is 1. The van der Waals surface area contributed by atoms with Crippen LogP contribution in [0.3, 0.4) is 0 Å². The van der Waals surface area contributed by atoms with E-state index in [1.807, 2.05) is 0 Å². The molecular weight excluding hydrogens is 399 g/mol. The summed E-state index contributed by atoms with van der Waals surface area (Å²) in [5, 5.41) is 10.2. The van der Waals surface area contributed by atoms with E-state index in [2.05, 4.69) is 4.72 Å². The van der Waals surface area contributed by atoms with Crippen LogP contribution in [0.25, 0.3) is 0 Å². The van der Waals surface area contributed by atoms with Gasteiger partial charge in [-0.05, 0) is 42.0 Å². The molecule has 24 heavy (non-hydrogen) atoms. The van der Waals surface area contributed by atoms with Crippen LogP contribution in [0.2, 0.25) is 15.1 Å². The number of hydrogen-bond donors (Lipinski definition) is 2. The fourth-order valence-electron chi connectivity index (χ4n) is 1.78. The molecule has 0 saturated carbocycles. The van der Waals surface area contributed by atoms with Crippen molar-refractivity contribution in [2.45, 2.75) is 6.54 Å². The Morgan fingerprint density at radius 2 is 1.62 bits per heavy atom. The Bertz CT molecular complexity index is 857. The smallest absolute Gasteiger partial charge is 0.422 e. The highest BCUT2D eigenvalue weighted by molar-refractivity contribution is 7.90. The van der Waals surface area contributed by atoms with Crippen molar-refractivity contribution in [2.75, 3.05) is 4.72 Å². The van der Waals surface area contributed by atoms with Gasteiger partial charge in [0.15, 0.2) is 0 Å². The number of rotatable bonds is 5. The van der Waals surface area contributed by atoms with Crippen molar-refractivity contribution in [3.05, 3.63) is 63.1 Å². The highest BCUT2D eigenvalue weighted by Crippen LogP contribution is 2.24. The summed E-state index contributed by atoms with van der Waals surface area (Å²) in [6, 6.07) is 10.1. The van der Waals surface area contributed by atoms with E-state index in [0.717, 1.165) is 0 Å². The lowest BCUT2D eigenvalue weighted by Crippen LogP contribution is -2.39. The molecule has 6 nitrogen and oxygen atoms in total. The van der Waals surface area contributed by atoms with Crippen LogP contribution in [0.1, 0.15) is 5.56 Å². The second-order valence-electron chi connectivity index (χ2n) is 4.64. The van der Waals surface area contributed by atoms with Crippen molar-refractivity contribution in [3.63, 3.8) is 0 Å². The van der Waals surface area contributed by atoms with Crippen LogP contribution in [0.5, 0.6) is 0 Å². The number of benzene rings is 2. The maximum absolute atomic E-state index is 12.3. The number of anilines is 1. The van der Waals surface area contributed by atoms with Gasteiger partial charge in [0.2, 0.25) is 0 Å². The Labute approximate surface area is 153 Å². The van der Waals surface area contributed by atoms with E-state index in [1.165, 1.54) is 42.5 Å². The second kappa shape index (κ2) is 7.48. The van der Waals surface area contributed by atoms with Gasteiger partial charge in [-0.15, -0.1) is 0 Å². The molecule has 0 radical (unpaired) electrons. The molecule has 10 heteroatoms. The second-order valence-corrected chi connectivity index (χ2v) is 7.51. The Hall–Kier alpha value is -1.67. The molecule has 0 bridgehead atoms. The quantitative estimate of drug-likeness (QED) is 0.762. The van der Waals surface area contributed by atoms with E-state index in [-0.39, 0.29) is 15.0 Å². The summed E-state index contributed by atoms with van der Waals surface area (Å²) in [7, 11) is -4.36. The third-order valence-corrected chi connectivity index (χ3v) is 5.12. The van der Waals surface area contributed by atoms with Gasteiger partial charge in [0.05, 0.1) is 12.2 Å². The number of hydrogen-bond acceptors (Lipinski definition) is 3. The van der Waals surface area contributed by atoms with Crippen molar-refractivity contribution < 1.29 is 18.3 Å². The highest BCUT2D eigenvalue weighted by atomic mass is 35.5. The maximum atomic E-state index is 12.3. The summed E-state index contributed by atoms with van der Waals surface area (Å²) in [5.74, 6) is 0. The SMILES string of the molecule is O=C(O)N(Cc1ccc(Cl)cc1Cl)S(=O)(=O)Nc1ccc(Cl)cc1. The number of nitrogens with zero attached hydrogens (tertiary/aromatic N) is 1. The zero-order valence-corrected chi connectivity index (χ0v) is 15.0. The average Bonchev–Trinajstić information content (AvgIpc) is 2.48. The molecule has 0 heterocycles. The molecule has 2 aromatic carbocycles. The molecule has 0 aliphatic heterocycles. The summed E-state index contributed by atoms with van der Waals surface area (Å²) in [6.07, 6.45) is -1.65. The van der Waals surface area contributed by atoms with Crippen LogP contribution in [-0.2, 0) is 16.8 Å². The molecule has 2 rings (SSSR count). The molecule has 0 spiro atoms. The molecule has 2 N–H and O–H groups in total. The molecule has 0 atom stereocenters. The normalized spacial score (nSPS) is 11.1. The van der Waals surface area contributed by atoms with E-state index in [0.29, 0.717) is 15.6 Å². The minimum absolute atomic E-state index is 0.162. The van der Waals surface area contributed by atoms with Crippen molar-refractivity contribution in [1.29, 1.82) is 0 Å². The molecule has 0 aromatic heterocycles. The van der Waals surface area contributed by atoms with E-state index in [4.69, 9.17) is 34.8 Å². The van der Waals surface area contributed by atoms with Crippen molar-refractivity contribution in [2.24, 2.45) is 0 Å².